The molecule has 0 radical (unpaired) electrons. The molecule has 0 aliphatic rings. The van der Waals surface area contributed by atoms with Gasteiger partial charge in [-0.05, 0) is 25.5 Å². The van der Waals surface area contributed by atoms with E-state index in [-0.39, 0.29) is 0 Å². The van der Waals surface area contributed by atoms with E-state index in [1.165, 1.54) is 11.1 Å². The van der Waals surface area contributed by atoms with Crippen molar-refractivity contribution in [1.29, 1.82) is 0 Å². The van der Waals surface area contributed by atoms with Crippen molar-refractivity contribution in [1.82, 2.24) is 10.3 Å². The molecule has 2 rings (SSSR count). The Kier molecular flexibility index (Phi) is 4.15. The molecule has 1 unspecified atom stereocenters. The number of rotatable bonds is 4. The van der Waals surface area contributed by atoms with E-state index in [0.29, 0.717) is 12.0 Å². The quantitative estimate of drug-likeness (QED) is 0.890. The van der Waals surface area contributed by atoms with E-state index < -0.39 is 0 Å². The fourth-order valence-corrected chi connectivity index (χ4v) is 2.68. The highest BCUT2D eigenvalue weighted by Crippen LogP contribution is 2.26. The van der Waals surface area contributed by atoms with Crippen LogP contribution in [0.2, 0.25) is 0 Å². The largest absolute Gasteiger partial charge is 0.311 e. The minimum Gasteiger partial charge on any atom is -0.311 e. The standard InChI is InChI=1S/C15H20N2S/c1-10(2)12-5-7-13(8-6-12)14-9-18-15(17-14)11(3)16-4/h5-11,16H,1-4H3. The van der Waals surface area contributed by atoms with Gasteiger partial charge in [0.25, 0.3) is 0 Å². The van der Waals surface area contributed by atoms with Gasteiger partial charge in [-0.15, -0.1) is 11.3 Å². The zero-order chi connectivity index (χ0) is 13.1. The second-order valence-corrected chi connectivity index (χ2v) is 5.75. The maximum atomic E-state index is 4.68. The van der Waals surface area contributed by atoms with Crippen LogP contribution >= 0.6 is 11.3 Å². The molecular weight excluding hydrogens is 240 g/mol. The van der Waals surface area contributed by atoms with E-state index in [2.05, 4.69) is 60.7 Å². The molecule has 0 aliphatic carbocycles. The van der Waals surface area contributed by atoms with Gasteiger partial charge in [0.2, 0.25) is 0 Å². The van der Waals surface area contributed by atoms with Crippen molar-refractivity contribution in [2.24, 2.45) is 0 Å². The van der Waals surface area contributed by atoms with Crippen LogP contribution in [0, 0.1) is 0 Å². The molecule has 1 aromatic heterocycles. The van der Waals surface area contributed by atoms with Crippen LogP contribution in [0.25, 0.3) is 11.3 Å². The Bertz CT molecular complexity index is 499. The molecule has 3 heteroatoms. The van der Waals surface area contributed by atoms with Crippen LogP contribution in [0.4, 0.5) is 0 Å². The topological polar surface area (TPSA) is 24.9 Å². The van der Waals surface area contributed by atoms with Crippen molar-refractivity contribution >= 4 is 11.3 Å². The number of hydrogen-bond acceptors (Lipinski definition) is 3. The summed E-state index contributed by atoms with van der Waals surface area (Å²) in [5.41, 5.74) is 3.65. The smallest absolute Gasteiger partial charge is 0.110 e. The van der Waals surface area contributed by atoms with E-state index in [4.69, 9.17) is 0 Å². The number of thiazole rings is 1. The van der Waals surface area contributed by atoms with Crippen LogP contribution in [0.15, 0.2) is 29.6 Å². The van der Waals surface area contributed by atoms with Crippen LogP contribution in [-0.2, 0) is 0 Å². The normalized spacial score (nSPS) is 12.9. The molecule has 1 heterocycles. The molecule has 2 nitrogen and oxygen atoms in total. The average molecular weight is 260 g/mol. The second kappa shape index (κ2) is 5.63. The fraction of sp³-hybridized carbons (Fsp3) is 0.400. The molecule has 1 N–H and O–H groups in total. The molecule has 2 aromatic rings. The Morgan fingerprint density at radius 1 is 1.11 bits per heavy atom. The van der Waals surface area contributed by atoms with E-state index in [0.717, 1.165) is 10.7 Å². The Hall–Kier alpha value is -1.19. The fourth-order valence-electron chi connectivity index (χ4n) is 1.78. The summed E-state index contributed by atoms with van der Waals surface area (Å²) in [7, 11) is 1.96. The molecule has 0 fully saturated rings. The molecule has 18 heavy (non-hydrogen) atoms. The van der Waals surface area contributed by atoms with Crippen LogP contribution in [-0.4, -0.2) is 12.0 Å². The Labute approximate surface area is 113 Å². The Balaban J connectivity index is 2.23. The van der Waals surface area contributed by atoms with Crippen molar-refractivity contribution in [3.8, 4) is 11.3 Å². The Morgan fingerprint density at radius 2 is 1.78 bits per heavy atom. The summed E-state index contributed by atoms with van der Waals surface area (Å²) in [5.74, 6) is 0.578. The highest BCUT2D eigenvalue weighted by atomic mass is 32.1. The van der Waals surface area contributed by atoms with Crippen molar-refractivity contribution in [3.63, 3.8) is 0 Å². The van der Waals surface area contributed by atoms with Gasteiger partial charge in [-0.2, -0.15) is 0 Å². The van der Waals surface area contributed by atoms with Gasteiger partial charge in [-0.3, -0.25) is 0 Å². The molecule has 0 aliphatic heterocycles. The summed E-state index contributed by atoms with van der Waals surface area (Å²) in [4.78, 5) is 4.68. The van der Waals surface area contributed by atoms with Gasteiger partial charge < -0.3 is 5.32 Å². The third kappa shape index (κ3) is 2.79. The van der Waals surface area contributed by atoms with Crippen LogP contribution in [0.3, 0.4) is 0 Å². The van der Waals surface area contributed by atoms with Crippen LogP contribution in [0.1, 0.15) is 43.3 Å². The first-order valence-corrected chi connectivity index (χ1v) is 7.22. The predicted octanol–water partition coefficient (Wildman–Crippen LogP) is 4.21. The summed E-state index contributed by atoms with van der Waals surface area (Å²) < 4.78 is 0. The molecule has 96 valence electrons. The van der Waals surface area contributed by atoms with E-state index in [9.17, 15) is 0 Å². The Morgan fingerprint density at radius 3 is 2.33 bits per heavy atom. The lowest BCUT2D eigenvalue weighted by molar-refractivity contribution is 0.648. The lowest BCUT2D eigenvalue weighted by Gasteiger charge is -2.06. The van der Waals surface area contributed by atoms with Crippen LogP contribution in [0.5, 0.6) is 0 Å². The minimum absolute atomic E-state index is 0.318. The van der Waals surface area contributed by atoms with Crippen molar-refractivity contribution in [2.75, 3.05) is 7.05 Å². The van der Waals surface area contributed by atoms with E-state index in [1.54, 1.807) is 11.3 Å². The van der Waals surface area contributed by atoms with E-state index >= 15 is 0 Å². The molecule has 0 saturated heterocycles. The second-order valence-electron chi connectivity index (χ2n) is 4.86. The van der Waals surface area contributed by atoms with E-state index in [1.807, 2.05) is 7.05 Å². The summed E-state index contributed by atoms with van der Waals surface area (Å²) in [6, 6.07) is 9.04. The first-order valence-electron chi connectivity index (χ1n) is 6.35. The lowest BCUT2D eigenvalue weighted by atomic mass is 10.0. The third-order valence-corrected chi connectivity index (χ3v) is 4.23. The average Bonchev–Trinajstić information content (AvgIpc) is 2.87. The van der Waals surface area contributed by atoms with Crippen molar-refractivity contribution in [2.45, 2.75) is 32.7 Å². The SMILES string of the molecule is CNC(C)c1nc(-c2ccc(C(C)C)cc2)cs1. The van der Waals surface area contributed by atoms with Gasteiger partial charge in [0, 0.05) is 10.9 Å². The summed E-state index contributed by atoms with van der Waals surface area (Å²) in [5, 5.41) is 6.49. The zero-order valence-corrected chi connectivity index (χ0v) is 12.2. The first-order chi connectivity index (χ1) is 8.61. The van der Waals surface area contributed by atoms with Crippen molar-refractivity contribution < 1.29 is 0 Å². The molecule has 0 amide bonds. The van der Waals surface area contributed by atoms with Crippen LogP contribution < -0.4 is 5.32 Å². The monoisotopic (exact) mass is 260 g/mol. The van der Waals surface area contributed by atoms with Gasteiger partial charge in [0.1, 0.15) is 5.01 Å². The highest BCUT2D eigenvalue weighted by Gasteiger charge is 2.09. The third-order valence-electron chi connectivity index (χ3n) is 3.20. The molecule has 1 atom stereocenters. The number of nitrogens with one attached hydrogen (secondary N) is 1. The highest BCUT2D eigenvalue weighted by molar-refractivity contribution is 7.10. The number of nitrogens with zero attached hydrogens (tertiary/aromatic N) is 1. The van der Waals surface area contributed by atoms with Crippen molar-refractivity contribution in [3.05, 3.63) is 40.2 Å². The summed E-state index contributed by atoms with van der Waals surface area (Å²) in [6.07, 6.45) is 0. The van der Waals surface area contributed by atoms with Gasteiger partial charge in [-0.1, -0.05) is 38.1 Å². The molecule has 0 bridgehead atoms. The van der Waals surface area contributed by atoms with Gasteiger partial charge in [0.05, 0.1) is 11.7 Å². The summed E-state index contributed by atoms with van der Waals surface area (Å²) in [6.45, 7) is 6.56. The summed E-state index contributed by atoms with van der Waals surface area (Å²) >= 11 is 1.71. The lowest BCUT2D eigenvalue weighted by Crippen LogP contribution is -2.11. The van der Waals surface area contributed by atoms with Gasteiger partial charge >= 0.3 is 0 Å². The first kappa shape index (κ1) is 13.2. The molecule has 0 saturated carbocycles. The number of benzene rings is 1. The number of hydrogen-bond donors (Lipinski definition) is 1. The minimum atomic E-state index is 0.318. The van der Waals surface area contributed by atoms with Gasteiger partial charge in [-0.25, -0.2) is 4.98 Å². The number of aromatic nitrogens is 1. The molecule has 1 aromatic carbocycles. The molecular formula is C15H20N2S. The maximum absolute atomic E-state index is 4.68. The molecule has 0 spiro atoms. The zero-order valence-electron chi connectivity index (χ0n) is 11.4. The predicted molar refractivity (Wildman–Crippen MR) is 79.1 cm³/mol. The maximum Gasteiger partial charge on any atom is 0.110 e. The van der Waals surface area contributed by atoms with Gasteiger partial charge in [0.15, 0.2) is 0 Å².